The Kier molecular flexibility index (Phi) is 6.31. The van der Waals surface area contributed by atoms with Crippen molar-refractivity contribution in [3.05, 3.63) is 69.7 Å². The number of hydrogen-bond donors (Lipinski definition) is 1. The number of aromatic nitrogens is 2. The molecule has 3 aromatic rings. The van der Waals surface area contributed by atoms with Crippen LogP contribution in [-0.4, -0.2) is 16.1 Å². The van der Waals surface area contributed by atoms with Crippen molar-refractivity contribution < 1.29 is 4.79 Å². The van der Waals surface area contributed by atoms with Crippen LogP contribution in [0, 0.1) is 0 Å². The third-order valence-electron chi connectivity index (χ3n) is 3.21. The number of amides is 1. The Bertz CT molecular complexity index is 851. The summed E-state index contributed by atoms with van der Waals surface area (Å²) in [6.07, 6.45) is 0.268. The monoisotopic (exact) mass is 409 g/mol. The first kappa shape index (κ1) is 18.2. The van der Waals surface area contributed by atoms with Gasteiger partial charge in [-0.05, 0) is 35.4 Å². The van der Waals surface area contributed by atoms with Gasteiger partial charge in [-0.15, -0.1) is 10.2 Å². The molecular formula is C17H13Cl2N3OS2. The van der Waals surface area contributed by atoms with E-state index >= 15 is 0 Å². The van der Waals surface area contributed by atoms with E-state index < -0.39 is 0 Å². The molecule has 0 fully saturated rings. The fraction of sp³-hybridized carbons (Fsp3) is 0.118. The number of carbonyl (C=O) groups is 1. The number of halogens is 2. The molecule has 128 valence electrons. The van der Waals surface area contributed by atoms with E-state index in [2.05, 4.69) is 15.5 Å². The lowest BCUT2D eigenvalue weighted by molar-refractivity contribution is -0.115. The van der Waals surface area contributed by atoms with Crippen molar-refractivity contribution in [3.63, 3.8) is 0 Å². The lowest BCUT2D eigenvalue weighted by Crippen LogP contribution is -2.14. The summed E-state index contributed by atoms with van der Waals surface area (Å²) in [6, 6.07) is 14.9. The zero-order chi connectivity index (χ0) is 17.6. The van der Waals surface area contributed by atoms with Crippen LogP contribution in [0.25, 0.3) is 0 Å². The number of rotatable bonds is 6. The van der Waals surface area contributed by atoms with Crippen LogP contribution in [0.4, 0.5) is 5.13 Å². The van der Waals surface area contributed by atoms with E-state index in [9.17, 15) is 4.79 Å². The highest BCUT2D eigenvalue weighted by Gasteiger charge is 2.09. The molecule has 0 radical (unpaired) electrons. The summed E-state index contributed by atoms with van der Waals surface area (Å²) in [4.78, 5) is 12.1. The second kappa shape index (κ2) is 8.67. The SMILES string of the molecule is O=C(Cc1ccc(Cl)cc1)Nc1nnc(SCc2ccc(Cl)cc2)s1. The van der Waals surface area contributed by atoms with Crippen molar-refractivity contribution in [1.29, 1.82) is 0 Å². The highest BCUT2D eigenvalue weighted by Crippen LogP contribution is 2.28. The maximum atomic E-state index is 12.1. The highest BCUT2D eigenvalue weighted by atomic mass is 35.5. The van der Waals surface area contributed by atoms with Crippen LogP contribution < -0.4 is 5.32 Å². The molecule has 2 aromatic carbocycles. The quantitative estimate of drug-likeness (QED) is 0.442. The molecule has 0 aliphatic rings. The lowest BCUT2D eigenvalue weighted by atomic mass is 10.1. The molecule has 25 heavy (non-hydrogen) atoms. The summed E-state index contributed by atoms with van der Waals surface area (Å²) < 4.78 is 0.803. The van der Waals surface area contributed by atoms with Gasteiger partial charge in [-0.2, -0.15) is 0 Å². The molecule has 0 atom stereocenters. The van der Waals surface area contributed by atoms with Gasteiger partial charge in [-0.1, -0.05) is 70.6 Å². The van der Waals surface area contributed by atoms with E-state index in [1.807, 2.05) is 36.4 Å². The predicted molar refractivity (Wildman–Crippen MR) is 105 cm³/mol. The second-order valence-electron chi connectivity index (χ2n) is 5.14. The van der Waals surface area contributed by atoms with Gasteiger partial charge < -0.3 is 5.32 Å². The normalized spacial score (nSPS) is 10.6. The van der Waals surface area contributed by atoms with E-state index in [4.69, 9.17) is 23.2 Å². The van der Waals surface area contributed by atoms with Crippen LogP contribution >= 0.6 is 46.3 Å². The van der Waals surface area contributed by atoms with Crippen LogP contribution in [0.3, 0.4) is 0 Å². The van der Waals surface area contributed by atoms with Crippen molar-refractivity contribution >= 4 is 57.3 Å². The molecule has 0 aliphatic carbocycles. The molecule has 1 aromatic heterocycles. The molecule has 0 aliphatic heterocycles. The van der Waals surface area contributed by atoms with Crippen LogP contribution in [0.15, 0.2) is 52.9 Å². The number of benzene rings is 2. The average molecular weight is 410 g/mol. The van der Waals surface area contributed by atoms with Gasteiger partial charge in [-0.3, -0.25) is 4.79 Å². The summed E-state index contributed by atoms with van der Waals surface area (Å²) in [5.74, 6) is 0.637. The van der Waals surface area contributed by atoms with E-state index in [1.165, 1.54) is 11.3 Å². The van der Waals surface area contributed by atoms with Gasteiger partial charge >= 0.3 is 0 Å². The molecule has 1 heterocycles. The lowest BCUT2D eigenvalue weighted by Gasteiger charge is -2.01. The number of nitrogens with one attached hydrogen (secondary N) is 1. The molecule has 0 unspecified atom stereocenters. The Hall–Kier alpha value is -1.60. The van der Waals surface area contributed by atoms with Crippen molar-refractivity contribution in [2.45, 2.75) is 16.5 Å². The minimum Gasteiger partial charge on any atom is -0.300 e. The minimum atomic E-state index is -0.132. The van der Waals surface area contributed by atoms with Crippen LogP contribution in [0.1, 0.15) is 11.1 Å². The van der Waals surface area contributed by atoms with Crippen molar-refractivity contribution in [1.82, 2.24) is 10.2 Å². The van der Waals surface area contributed by atoms with Crippen molar-refractivity contribution in [2.75, 3.05) is 5.32 Å². The Labute approximate surface area is 163 Å². The van der Waals surface area contributed by atoms with E-state index in [1.54, 1.807) is 23.9 Å². The molecule has 1 amide bonds. The molecule has 4 nitrogen and oxygen atoms in total. The van der Waals surface area contributed by atoms with Crippen LogP contribution in [0.2, 0.25) is 10.0 Å². The van der Waals surface area contributed by atoms with Gasteiger partial charge in [0, 0.05) is 15.8 Å². The largest absolute Gasteiger partial charge is 0.300 e. The number of carbonyl (C=O) groups excluding carboxylic acids is 1. The summed E-state index contributed by atoms with van der Waals surface area (Å²) in [6.45, 7) is 0. The zero-order valence-electron chi connectivity index (χ0n) is 12.9. The first-order chi connectivity index (χ1) is 12.1. The number of thioether (sulfide) groups is 1. The summed E-state index contributed by atoms with van der Waals surface area (Å²) >= 11 is 14.6. The van der Waals surface area contributed by atoms with E-state index in [-0.39, 0.29) is 12.3 Å². The predicted octanol–water partition coefficient (Wildman–Crippen LogP) is 5.32. The fourth-order valence-electron chi connectivity index (χ4n) is 2.00. The number of hydrogen-bond acceptors (Lipinski definition) is 5. The zero-order valence-corrected chi connectivity index (χ0v) is 16.1. The van der Waals surface area contributed by atoms with Gasteiger partial charge in [0.25, 0.3) is 0 Å². The molecular weight excluding hydrogens is 397 g/mol. The number of nitrogens with zero attached hydrogens (tertiary/aromatic N) is 2. The highest BCUT2D eigenvalue weighted by molar-refractivity contribution is 8.00. The molecule has 0 bridgehead atoms. The Morgan fingerprint density at radius 3 is 2.20 bits per heavy atom. The maximum Gasteiger partial charge on any atom is 0.230 e. The number of anilines is 1. The smallest absolute Gasteiger partial charge is 0.230 e. The summed E-state index contributed by atoms with van der Waals surface area (Å²) in [7, 11) is 0. The Balaban J connectivity index is 1.51. The molecule has 1 N–H and O–H groups in total. The van der Waals surface area contributed by atoms with E-state index in [0.29, 0.717) is 10.2 Å². The Morgan fingerprint density at radius 1 is 0.960 bits per heavy atom. The minimum absolute atomic E-state index is 0.132. The molecule has 0 saturated carbocycles. The van der Waals surface area contributed by atoms with Gasteiger partial charge in [0.2, 0.25) is 11.0 Å². The standard InChI is InChI=1S/C17H13Cl2N3OS2/c18-13-5-1-11(2-6-13)9-15(23)20-16-21-22-17(25-16)24-10-12-3-7-14(19)8-4-12/h1-8H,9-10H2,(H,20,21,23). The van der Waals surface area contributed by atoms with Crippen LogP contribution in [0.5, 0.6) is 0 Å². The second-order valence-corrected chi connectivity index (χ2v) is 8.21. The van der Waals surface area contributed by atoms with Crippen LogP contribution in [-0.2, 0) is 17.0 Å². The van der Waals surface area contributed by atoms with Crippen molar-refractivity contribution in [2.24, 2.45) is 0 Å². The maximum absolute atomic E-state index is 12.1. The third kappa shape index (κ3) is 5.71. The summed E-state index contributed by atoms with van der Waals surface area (Å²) in [5, 5.41) is 12.7. The van der Waals surface area contributed by atoms with Gasteiger partial charge in [0.05, 0.1) is 6.42 Å². The van der Waals surface area contributed by atoms with E-state index in [0.717, 1.165) is 26.2 Å². The first-order valence-electron chi connectivity index (χ1n) is 7.33. The van der Waals surface area contributed by atoms with Gasteiger partial charge in [0.1, 0.15) is 0 Å². The molecule has 0 saturated heterocycles. The average Bonchev–Trinajstić information content (AvgIpc) is 3.04. The topological polar surface area (TPSA) is 54.9 Å². The molecule has 3 rings (SSSR count). The first-order valence-corrected chi connectivity index (χ1v) is 9.89. The third-order valence-corrected chi connectivity index (χ3v) is 5.75. The molecule has 8 heteroatoms. The summed E-state index contributed by atoms with van der Waals surface area (Å²) in [5.41, 5.74) is 2.04. The van der Waals surface area contributed by atoms with Gasteiger partial charge in [0.15, 0.2) is 4.34 Å². The van der Waals surface area contributed by atoms with Gasteiger partial charge in [-0.25, -0.2) is 0 Å². The Morgan fingerprint density at radius 2 is 1.56 bits per heavy atom. The fourth-order valence-corrected chi connectivity index (χ4v) is 3.97. The molecule has 0 spiro atoms. The van der Waals surface area contributed by atoms with Crippen molar-refractivity contribution in [3.8, 4) is 0 Å².